The van der Waals surface area contributed by atoms with E-state index in [0.29, 0.717) is 30.3 Å². The number of aromatic nitrogens is 1. The van der Waals surface area contributed by atoms with E-state index in [0.717, 1.165) is 12.2 Å². The van der Waals surface area contributed by atoms with Gasteiger partial charge in [0.25, 0.3) is 5.91 Å². The monoisotopic (exact) mass is 396 g/mol. The van der Waals surface area contributed by atoms with Gasteiger partial charge in [0.1, 0.15) is 0 Å². The molecule has 0 saturated carbocycles. The lowest BCUT2D eigenvalue weighted by Crippen LogP contribution is -2.34. The van der Waals surface area contributed by atoms with Crippen molar-refractivity contribution in [1.29, 1.82) is 0 Å². The molecule has 5 heteroatoms. The van der Waals surface area contributed by atoms with Gasteiger partial charge in [-0.2, -0.15) is 0 Å². The average Bonchev–Trinajstić information content (AvgIpc) is 3.12. The minimum absolute atomic E-state index is 0.0305. The van der Waals surface area contributed by atoms with E-state index >= 15 is 0 Å². The molecule has 0 unspecified atom stereocenters. The Morgan fingerprint density at radius 1 is 1.11 bits per heavy atom. The van der Waals surface area contributed by atoms with Crippen LogP contribution in [0.4, 0.5) is 0 Å². The number of benzene rings is 2. The fourth-order valence-corrected chi connectivity index (χ4v) is 3.30. The summed E-state index contributed by atoms with van der Waals surface area (Å²) in [7, 11) is 1.64. The second-order valence-electron chi connectivity index (χ2n) is 6.84. The second kappa shape index (κ2) is 9.58. The van der Waals surface area contributed by atoms with Crippen molar-refractivity contribution in [3.63, 3.8) is 0 Å². The first kappa shape index (κ1) is 20.2. The highest BCUT2D eigenvalue weighted by Gasteiger charge is 2.17. The zero-order valence-corrected chi connectivity index (χ0v) is 17.0. The van der Waals surface area contributed by atoms with Crippen molar-refractivity contribution in [2.45, 2.75) is 20.0 Å². The molecule has 0 aliphatic carbocycles. The number of nitrogens with zero attached hydrogens (tertiary/aromatic N) is 2. The van der Waals surface area contributed by atoms with Gasteiger partial charge in [-0.1, -0.05) is 41.4 Å². The Kier molecular flexibility index (Phi) is 6.90. The third kappa shape index (κ3) is 5.24. The minimum atomic E-state index is -0.0305. The van der Waals surface area contributed by atoms with E-state index in [-0.39, 0.29) is 5.91 Å². The molecule has 0 radical (unpaired) electrons. The number of halogens is 1. The number of carbonyl (C=O) groups excluding carboxylic acids is 1. The van der Waals surface area contributed by atoms with Crippen molar-refractivity contribution in [3.05, 3.63) is 94.3 Å². The normalized spacial score (nSPS) is 10.8. The summed E-state index contributed by atoms with van der Waals surface area (Å²) in [5, 5.41) is 0.618. The van der Waals surface area contributed by atoms with E-state index in [1.807, 2.05) is 11.0 Å². The van der Waals surface area contributed by atoms with E-state index in [2.05, 4.69) is 48.0 Å². The van der Waals surface area contributed by atoms with E-state index in [9.17, 15) is 4.79 Å². The van der Waals surface area contributed by atoms with Gasteiger partial charge < -0.3 is 14.2 Å². The topological polar surface area (TPSA) is 34.5 Å². The molecular weight excluding hydrogens is 372 g/mol. The summed E-state index contributed by atoms with van der Waals surface area (Å²) in [6, 6.07) is 19.6. The molecule has 4 nitrogen and oxygen atoms in total. The number of amides is 1. The fourth-order valence-electron chi connectivity index (χ4n) is 3.18. The number of hydrogen-bond acceptors (Lipinski definition) is 2. The molecular formula is C23H25ClN2O2. The molecule has 0 bridgehead atoms. The second-order valence-corrected chi connectivity index (χ2v) is 7.28. The van der Waals surface area contributed by atoms with Crippen LogP contribution < -0.4 is 0 Å². The summed E-state index contributed by atoms with van der Waals surface area (Å²) in [5.74, 6) is -0.0305. The third-order valence-electron chi connectivity index (χ3n) is 4.66. The first-order valence-electron chi connectivity index (χ1n) is 9.30. The van der Waals surface area contributed by atoms with E-state index in [4.69, 9.17) is 16.3 Å². The van der Waals surface area contributed by atoms with Crippen molar-refractivity contribution in [3.8, 4) is 0 Å². The Balaban J connectivity index is 1.78. The van der Waals surface area contributed by atoms with Crippen LogP contribution in [0.5, 0.6) is 0 Å². The molecule has 0 N–H and O–H groups in total. The molecule has 1 heterocycles. The molecule has 0 saturated heterocycles. The zero-order valence-electron chi connectivity index (χ0n) is 16.3. The standard InChI is InChI=1S/C23H25ClN2O2/c1-18-5-3-6-19(15-18)16-25-12-4-7-22(25)17-26(13-14-28-2)23(27)20-8-10-21(24)11-9-20/h3-12,15H,13-14,16-17H2,1-2H3. The maximum Gasteiger partial charge on any atom is 0.254 e. The van der Waals surface area contributed by atoms with Gasteiger partial charge in [0.2, 0.25) is 0 Å². The zero-order chi connectivity index (χ0) is 19.9. The third-order valence-corrected chi connectivity index (χ3v) is 4.91. The van der Waals surface area contributed by atoms with Gasteiger partial charge in [0.15, 0.2) is 0 Å². The molecule has 0 spiro atoms. The lowest BCUT2D eigenvalue weighted by molar-refractivity contribution is 0.0676. The largest absolute Gasteiger partial charge is 0.383 e. The van der Waals surface area contributed by atoms with Crippen LogP contribution in [0.1, 0.15) is 27.2 Å². The SMILES string of the molecule is COCCN(Cc1cccn1Cc1cccc(C)c1)C(=O)c1ccc(Cl)cc1. The van der Waals surface area contributed by atoms with Crippen molar-refractivity contribution in [2.24, 2.45) is 0 Å². The number of ether oxygens (including phenoxy) is 1. The quantitative estimate of drug-likeness (QED) is 0.548. The smallest absolute Gasteiger partial charge is 0.254 e. The summed E-state index contributed by atoms with van der Waals surface area (Å²) >= 11 is 5.96. The molecule has 1 aromatic heterocycles. The van der Waals surface area contributed by atoms with Gasteiger partial charge in [-0.15, -0.1) is 0 Å². The van der Waals surface area contributed by atoms with Crippen molar-refractivity contribution < 1.29 is 9.53 Å². The molecule has 0 aliphatic heterocycles. The summed E-state index contributed by atoms with van der Waals surface area (Å²) in [6.45, 7) is 4.39. The maximum atomic E-state index is 13.0. The van der Waals surface area contributed by atoms with Gasteiger partial charge >= 0.3 is 0 Å². The molecule has 146 valence electrons. The van der Waals surface area contributed by atoms with E-state index in [1.165, 1.54) is 11.1 Å². The van der Waals surface area contributed by atoms with Crippen molar-refractivity contribution in [2.75, 3.05) is 20.3 Å². The Labute approximate surface area is 171 Å². The minimum Gasteiger partial charge on any atom is -0.383 e. The fraction of sp³-hybridized carbons (Fsp3) is 0.261. The Morgan fingerprint density at radius 3 is 2.61 bits per heavy atom. The first-order valence-corrected chi connectivity index (χ1v) is 9.68. The summed E-state index contributed by atoms with van der Waals surface area (Å²) in [6.07, 6.45) is 2.05. The summed E-state index contributed by atoms with van der Waals surface area (Å²) < 4.78 is 7.40. The number of aryl methyl sites for hydroxylation is 1. The highest BCUT2D eigenvalue weighted by Crippen LogP contribution is 2.16. The van der Waals surface area contributed by atoms with Crippen LogP contribution >= 0.6 is 11.6 Å². The van der Waals surface area contributed by atoms with Gasteiger partial charge in [0, 0.05) is 42.7 Å². The van der Waals surface area contributed by atoms with Crippen LogP contribution in [0.3, 0.4) is 0 Å². The highest BCUT2D eigenvalue weighted by molar-refractivity contribution is 6.30. The van der Waals surface area contributed by atoms with Crippen LogP contribution in [0, 0.1) is 6.92 Å². The number of methoxy groups -OCH3 is 1. The molecule has 0 fully saturated rings. The Hall–Kier alpha value is -2.56. The lowest BCUT2D eigenvalue weighted by Gasteiger charge is -2.23. The Morgan fingerprint density at radius 2 is 1.89 bits per heavy atom. The van der Waals surface area contributed by atoms with Gasteiger partial charge in [-0.05, 0) is 48.9 Å². The highest BCUT2D eigenvalue weighted by atomic mass is 35.5. The van der Waals surface area contributed by atoms with Crippen LogP contribution in [-0.4, -0.2) is 35.6 Å². The van der Waals surface area contributed by atoms with Gasteiger partial charge in [-0.3, -0.25) is 4.79 Å². The van der Waals surface area contributed by atoms with Gasteiger partial charge in [0.05, 0.1) is 13.2 Å². The molecule has 0 aliphatic rings. The van der Waals surface area contributed by atoms with Crippen molar-refractivity contribution >= 4 is 17.5 Å². The molecule has 3 aromatic rings. The summed E-state index contributed by atoms with van der Waals surface area (Å²) in [4.78, 5) is 14.8. The lowest BCUT2D eigenvalue weighted by atomic mass is 10.1. The predicted molar refractivity (Wildman–Crippen MR) is 113 cm³/mol. The Bertz CT molecular complexity index is 918. The van der Waals surface area contributed by atoms with Gasteiger partial charge in [-0.25, -0.2) is 0 Å². The van der Waals surface area contributed by atoms with E-state index in [1.54, 1.807) is 31.4 Å². The van der Waals surface area contributed by atoms with Crippen LogP contribution in [0.25, 0.3) is 0 Å². The first-order chi connectivity index (χ1) is 13.6. The number of rotatable bonds is 8. The van der Waals surface area contributed by atoms with Crippen LogP contribution in [-0.2, 0) is 17.8 Å². The average molecular weight is 397 g/mol. The van der Waals surface area contributed by atoms with Crippen molar-refractivity contribution in [1.82, 2.24) is 9.47 Å². The van der Waals surface area contributed by atoms with E-state index < -0.39 is 0 Å². The predicted octanol–water partition coefficient (Wildman–Crippen LogP) is 4.79. The summed E-state index contributed by atoms with van der Waals surface area (Å²) in [5.41, 5.74) is 4.19. The molecule has 28 heavy (non-hydrogen) atoms. The van der Waals surface area contributed by atoms with Crippen LogP contribution in [0.15, 0.2) is 66.9 Å². The molecule has 2 aromatic carbocycles. The number of carbonyl (C=O) groups is 1. The number of hydrogen-bond donors (Lipinski definition) is 0. The van der Waals surface area contributed by atoms with Crippen LogP contribution in [0.2, 0.25) is 5.02 Å². The maximum absolute atomic E-state index is 13.0. The molecule has 0 atom stereocenters. The molecule has 3 rings (SSSR count). The molecule has 1 amide bonds.